The molecule has 1 saturated carbocycles. The number of benzene rings is 1. The molecule has 0 aliphatic heterocycles. The Bertz CT molecular complexity index is 396. The van der Waals surface area contributed by atoms with Gasteiger partial charge in [0.05, 0.1) is 0 Å². The summed E-state index contributed by atoms with van der Waals surface area (Å²) < 4.78 is 6.01. The predicted molar refractivity (Wildman–Crippen MR) is 80.8 cm³/mol. The molecule has 0 spiro atoms. The average molecular weight is 261 g/mol. The summed E-state index contributed by atoms with van der Waals surface area (Å²) in [4.78, 5) is 0. The van der Waals surface area contributed by atoms with Crippen molar-refractivity contribution in [2.75, 3.05) is 13.2 Å². The molecule has 19 heavy (non-hydrogen) atoms. The molecule has 1 aromatic carbocycles. The minimum absolute atomic E-state index is 0.508. The number of likely N-dealkylation sites (N-methyl/N-ethyl adjacent to an activating group) is 1. The summed E-state index contributed by atoms with van der Waals surface area (Å²) >= 11 is 0. The third-order valence-corrected chi connectivity index (χ3v) is 4.34. The summed E-state index contributed by atoms with van der Waals surface area (Å²) in [5.41, 5.74) is 2.63. The largest absolute Gasteiger partial charge is 0.492 e. The fraction of sp³-hybridized carbons (Fsp3) is 0.647. The van der Waals surface area contributed by atoms with E-state index in [1.807, 2.05) is 0 Å². The van der Waals surface area contributed by atoms with E-state index in [2.05, 4.69) is 44.3 Å². The van der Waals surface area contributed by atoms with Crippen LogP contribution < -0.4 is 10.1 Å². The quantitative estimate of drug-likeness (QED) is 0.840. The molecule has 1 atom stereocenters. The number of nitrogens with one attached hydrogen (secondary N) is 1. The van der Waals surface area contributed by atoms with Crippen LogP contribution in [-0.2, 0) is 0 Å². The molecule has 0 bridgehead atoms. The molecule has 2 nitrogen and oxygen atoms in total. The normalized spacial score (nSPS) is 17.6. The second-order valence-corrected chi connectivity index (χ2v) is 5.77. The van der Waals surface area contributed by atoms with E-state index in [0.717, 1.165) is 24.8 Å². The van der Waals surface area contributed by atoms with Crippen LogP contribution in [0.15, 0.2) is 18.2 Å². The third kappa shape index (κ3) is 3.97. The van der Waals surface area contributed by atoms with Gasteiger partial charge in [-0.2, -0.15) is 0 Å². The zero-order chi connectivity index (χ0) is 13.7. The van der Waals surface area contributed by atoms with Crippen molar-refractivity contribution in [3.05, 3.63) is 29.3 Å². The van der Waals surface area contributed by atoms with Crippen molar-refractivity contribution in [3.8, 4) is 5.75 Å². The van der Waals surface area contributed by atoms with Gasteiger partial charge in [0, 0.05) is 6.04 Å². The molecular weight excluding hydrogens is 234 g/mol. The Morgan fingerprint density at radius 3 is 2.58 bits per heavy atom. The summed E-state index contributed by atoms with van der Waals surface area (Å²) in [5, 5.41) is 3.60. The SMILES string of the molecule is CCNC(COc1ccc(C)c(C)c1)C1CCCC1. The minimum Gasteiger partial charge on any atom is -0.492 e. The van der Waals surface area contributed by atoms with E-state index >= 15 is 0 Å². The highest BCUT2D eigenvalue weighted by atomic mass is 16.5. The van der Waals surface area contributed by atoms with E-state index < -0.39 is 0 Å². The van der Waals surface area contributed by atoms with Crippen LogP contribution in [-0.4, -0.2) is 19.2 Å². The minimum atomic E-state index is 0.508. The molecule has 0 radical (unpaired) electrons. The van der Waals surface area contributed by atoms with Crippen LogP contribution in [0.2, 0.25) is 0 Å². The highest BCUT2D eigenvalue weighted by Crippen LogP contribution is 2.28. The molecule has 0 heterocycles. The summed E-state index contributed by atoms with van der Waals surface area (Å²) in [5.74, 6) is 1.80. The van der Waals surface area contributed by atoms with Crippen LogP contribution in [0.3, 0.4) is 0 Å². The fourth-order valence-corrected chi connectivity index (χ4v) is 2.97. The van der Waals surface area contributed by atoms with Crippen molar-refractivity contribution in [1.29, 1.82) is 0 Å². The van der Waals surface area contributed by atoms with Crippen LogP contribution in [0.4, 0.5) is 0 Å². The Hall–Kier alpha value is -1.02. The molecular formula is C17H27NO. The molecule has 0 amide bonds. The smallest absolute Gasteiger partial charge is 0.119 e. The lowest BCUT2D eigenvalue weighted by Gasteiger charge is -2.24. The predicted octanol–water partition coefficient (Wildman–Crippen LogP) is 3.85. The van der Waals surface area contributed by atoms with Crippen LogP contribution in [0, 0.1) is 19.8 Å². The maximum Gasteiger partial charge on any atom is 0.119 e. The van der Waals surface area contributed by atoms with Gasteiger partial charge in [0.2, 0.25) is 0 Å². The molecule has 1 aromatic rings. The standard InChI is InChI=1S/C17H27NO/c1-4-18-17(15-7-5-6-8-15)12-19-16-10-9-13(2)14(3)11-16/h9-11,15,17-18H,4-8,12H2,1-3H3. The second kappa shape index (κ2) is 6.95. The Morgan fingerprint density at radius 2 is 1.95 bits per heavy atom. The lowest BCUT2D eigenvalue weighted by Crippen LogP contribution is -2.40. The van der Waals surface area contributed by atoms with Gasteiger partial charge in [-0.25, -0.2) is 0 Å². The first-order chi connectivity index (χ1) is 9.20. The summed E-state index contributed by atoms with van der Waals surface area (Å²) in [7, 11) is 0. The van der Waals surface area contributed by atoms with E-state index in [-0.39, 0.29) is 0 Å². The van der Waals surface area contributed by atoms with E-state index in [9.17, 15) is 0 Å². The number of aryl methyl sites for hydroxylation is 2. The van der Waals surface area contributed by atoms with E-state index in [1.54, 1.807) is 0 Å². The van der Waals surface area contributed by atoms with Gasteiger partial charge in [-0.3, -0.25) is 0 Å². The maximum atomic E-state index is 6.01. The van der Waals surface area contributed by atoms with Gasteiger partial charge in [0.15, 0.2) is 0 Å². The van der Waals surface area contributed by atoms with Gasteiger partial charge in [-0.15, -0.1) is 0 Å². The van der Waals surface area contributed by atoms with Crippen molar-refractivity contribution < 1.29 is 4.74 Å². The third-order valence-electron chi connectivity index (χ3n) is 4.34. The molecule has 106 valence electrons. The Balaban J connectivity index is 1.91. The summed E-state index contributed by atoms with van der Waals surface area (Å²) in [6.07, 6.45) is 5.48. The molecule has 1 N–H and O–H groups in total. The van der Waals surface area contributed by atoms with E-state index in [1.165, 1.54) is 36.8 Å². The zero-order valence-corrected chi connectivity index (χ0v) is 12.5. The number of hydrogen-bond acceptors (Lipinski definition) is 2. The Kier molecular flexibility index (Phi) is 5.26. The van der Waals surface area contributed by atoms with Gasteiger partial charge in [0.25, 0.3) is 0 Å². The molecule has 0 saturated heterocycles. The van der Waals surface area contributed by atoms with Gasteiger partial charge >= 0.3 is 0 Å². The molecule has 2 rings (SSSR count). The number of hydrogen-bond donors (Lipinski definition) is 1. The highest BCUT2D eigenvalue weighted by molar-refractivity contribution is 5.33. The molecule has 2 heteroatoms. The lowest BCUT2D eigenvalue weighted by atomic mass is 9.99. The van der Waals surface area contributed by atoms with Gasteiger partial charge < -0.3 is 10.1 Å². The summed E-state index contributed by atoms with van der Waals surface area (Å²) in [6.45, 7) is 8.27. The van der Waals surface area contributed by atoms with Crippen LogP contribution in [0.25, 0.3) is 0 Å². The molecule has 1 unspecified atom stereocenters. The lowest BCUT2D eigenvalue weighted by molar-refractivity contribution is 0.219. The number of rotatable bonds is 6. The highest BCUT2D eigenvalue weighted by Gasteiger charge is 2.24. The first-order valence-corrected chi connectivity index (χ1v) is 7.64. The zero-order valence-electron chi connectivity index (χ0n) is 12.5. The van der Waals surface area contributed by atoms with Crippen LogP contribution >= 0.6 is 0 Å². The first kappa shape index (κ1) is 14.4. The topological polar surface area (TPSA) is 21.3 Å². The fourth-order valence-electron chi connectivity index (χ4n) is 2.97. The second-order valence-electron chi connectivity index (χ2n) is 5.77. The first-order valence-electron chi connectivity index (χ1n) is 7.64. The van der Waals surface area contributed by atoms with Gasteiger partial charge in [0.1, 0.15) is 12.4 Å². The monoisotopic (exact) mass is 261 g/mol. The van der Waals surface area contributed by atoms with Crippen molar-refractivity contribution in [2.45, 2.75) is 52.5 Å². The van der Waals surface area contributed by atoms with Crippen LogP contribution in [0.1, 0.15) is 43.7 Å². The van der Waals surface area contributed by atoms with Crippen LogP contribution in [0.5, 0.6) is 5.75 Å². The van der Waals surface area contributed by atoms with Crippen molar-refractivity contribution in [2.24, 2.45) is 5.92 Å². The van der Waals surface area contributed by atoms with Crippen molar-refractivity contribution in [3.63, 3.8) is 0 Å². The van der Waals surface area contributed by atoms with E-state index in [0.29, 0.717) is 6.04 Å². The molecule has 0 aromatic heterocycles. The molecule has 1 fully saturated rings. The molecule has 1 aliphatic rings. The summed E-state index contributed by atoms with van der Waals surface area (Å²) in [6, 6.07) is 6.88. The van der Waals surface area contributed by atoms with Crippen molar-refractivity contribution >= 4 is 0 Å². The molecule has 1 aliphatic carbocycles. The maximum absolute atomic E-state index is 6.01. The van der Waals surface area contributed by atoms with Gasteiger partial charge in [-0.05, 0) is 62.4 Å². The average Bonchev–Trinajstić information content (AvgIpc) is 2.92. The number of ether oxygens (including phenoxy) is 1. The van der Waals surface area contributed by atoms with E-state index in [4.69, 9.17) is 4.74 Å². The Labute approximate surface area is 117 Å². The Morgan fingerprint density at radius 1 is 1.21 bits per heavy atom. The van der Waals surface area contributed by atoms with Gasteiger partial charge in [-0.1, -0.05) is 25.8 Å². The van der Waals surface area contributed by atoms with Crippen molar-refractivity contribution in [1.82, 2.24) is 5.32 Å².